The van der Waals surface area contributed by atoms with Gasteiger partial charge < -0.3 is 15.7 Å². The van der Waals surface area contributed by atoms with Gasteiger partial charge in [-0.05, 0) is 61.6 Å². The Morgan fingerprint density at radius 2 is 2.06 bits per heavy atom. The Morgan fingerprint density at radius 1 is 1.12 bits per heavy atom. The number of benzene rings is 1. The smallest absolute Gasteiger partial charge is 0.251 e. The third kappa shape index (κ3) is 4.13. The highest BCUT2D eigenvalue weighted by Gasteiger charge is 2.22. The molecule has 1 aliphatic carbocycles. The zero-order valence-electron chi connectivity index (χ0n) is 17.5. The number of pyridine rings is 1. The van der Waals surface area contributed by atoms with E-state index in [4.69, 9.17) is 9.97 Å². The maximum absolute atomic E-state index is 12.2. The molecule has 162 valence electrons. The molecule has 4 aromatic rings. The number of phenols is 1. The van der Waals surface area contributed by atoms with E-state index in [-0.39, 0.29) is 11.7 Å². The number of carbonyl (C=O) groups is 1. The van der Waals surface area contributed by atoms with Gasteiger partial charge in [-0.1, -0.05) is 6.07 Å². The highest BCUT2D eigenvalue weighted by atomic mass is 32.1. The molecule has 32 heavy (non-hydrogen) atoms. The molecule has 0 aliphatic heterocycles. The number of hydrogen-bond acceptors (Lipinski definition) is 7. The van der Waals surface area contributed by atoms with E-state index in [1.165, 1.54) is 22.9 Å². The monoisotopic (exact) mass is 445 g/mol. The van der Waals surface area contributed by atoms with E-state index in [1.807, 2.05) is 12.1 Å². The van der Waals surface area contributed by atoms with Crippen LogP contribution in [0.2, 0.25) is 0 Å². The summed E-state index contributed by atoms with van der Waals surface area (Å²) in [6.45, 7) is 1.19. The average Bonchev–Trinajstić information content (AvgIpc) is 3.40. The lowest BCUT2D eigenvalue weighted by Gasteiger charge is -2.11. The van der Waals surface area contributed by atoms with Gasteiger partial charge in [-0.25, -0.2) is 9.97 Å². The van der Waals surface area contributed by atoms with Crippen LogP contribution in [0.3, 0.4) is 0 Å². The van der Waals surface area contributed by atoms with Crippen LogP contribution in [0.25, 0.3) is 21.6 Å². The van der Waals surface area contributed by atoms with Crippen LogP contribution in [0.1, 0.15) is 33.6 Å². The van der Waals surface area contributed by atoms with Crippen LogP contribution in [0.5, 0.6) is 5.75 Å². The third-order valence-electron chi connectivity index (χ3n) is 5.52. The largest absolute Gasteiger partial charge is 0.508 e. The van der Waals surface area contributed by atoms with Crippen molar-refractivity contribution in [2.75, 3.05) is 18.4 Å². The van der Waals surface area contributed by atoms with Crippen molar-refractivity contribution < 1.29 is 9.90 Å². The minimum Gasteiger partial charge on any atom is -0.508 e. The molecule has 3 heterocycles. The number of carbonyl (C=O) groups excluding carboxylic acids is 1. The minimum atomic E-state index is -0.195. The fourth-order valence-electron chi connectivity index (χ4n) is 3.99. The summed E-state index contributed by atoms with van der Waals surface area (Å²) in [7, 11) is 0. The van der Waals surface area contributed by atoms with Crippen molar-refractivity contribution >= 4 is 33.3 Å². The number of nitrogens with one attached hydrogen (secondary N) is 2. The van der Waals surface area contributed by atoms with Gasteiger partial charge in [-0.3, -0.25) is 9.78 Å². The third-order valence-corrected chi connectivity index (χ3v) is 6.71. The van der Waals surface area contributed by atoms with E-state index in [0.29, 0.717) is 24.5 Å². The normalized spacial score (nSPS) is 12.6. The molecule has 0 fully saturated rings. The molecule has 7 nitrogen and oxygen atoms in total. The number of aromatic nitrogens is 3. The number of anilines is 1. The van der Waals surface area contributed by atoms with Gasteiger partial charge in [0.1, 0.15) is 16.4 Å². The second-order valence-corrected chi connectivity index (χ2v) is 8.85. The van der Waals surface area contributed by atoms with Crippen LogP contribution >= 0.6 is 11.3 Å². The molecule has 1 aromatic carbocycles. The van der Waals surface area contributed by atoms with E-state index in [9.17, 15) is 9.90 Å². The maximum Gasteiger partial charge on any atom is 0.251 e. The highest BCUT2D eigenvalue weighted by molar-refractivity contribution is 7.19. The summed E-state index contributed by atoms with van der Waals surface area (Å²) in [5.41, 5.74) is 2.72. The lowest BCUT2D eigenvalue weighted by Crippen LogP contribution is -2.25. The fourth-order valence-corrected chi connectivity index (χ4v) is 5.26. The first kappa shape index (κ1) is 20.4. The lowest BCUT2D eigenvalue weighted by molar-refractivity contribution is 0.0953. The number of rotatable bonds is 7. The molecular weight excluding hydrogens is 422 g/mol. The number of phenolic OH excluding ortho intramolecular Hbond substituents is 1. The van der Waals surface area contributed by atoms with Crippen molar-refractivity contribution in [3.63, 3.8) is 0 Å². The van der Waals surface area contributed by atoms with Crippen LogP contribution in [0.15, 0.2) is 48.8 Å². The van der Waals surface area contributed by atoms with Gasteiger partial charge in [0.2, 0.25) is 0 Å². The summed E-state index contributed by atoms with van der Waals surface area (Å²) in [6, 6.07) is 10.2. The second kappa shape index (κ2) is 8.92. The minimum absolute atomic E-state index is 0.0832. The van der Waals surface area contributed by atoms with Crippen molar-refractivity contribution in [1.29, 1.82) is 0 Å². The van der Waals surface area contributed by atoms with Crippen LogP contribution in [-0.4, -0.2) is 39.1 Å². The number of fused-ring (bicyclic) bond motifs is 3. The summed E-state index contributed by atoms with van der Waals surface area (Å²) < 4.78 is 0. The quantitative estimate of drug-likeness (QED) is 0.369. The number of aryl methyl sites for hydroxylation is 2. The Hall–Kier alpha value is -3.52. The molecule has 3 N–H and O–H groups in total. The number of aromatic hydroxyl groups is 1. The topological polar surface area (TPSA) is 100 Å². The second-order valence-electron chi connectivity index (χ2n) is 7.76. The standard InChI is InChI=1S/C24H23N5O2S/c30-17-7-1-5-15(13-17)23(31)27-12-4-11-26-22-20-18-8-2-9-19(18)32-24(20)29-21(28-22)16-6-3-10-25-14-16/h1,3,5-7,10,13-14,30H,2,4,8-9,11-12H2,(H,27,31)(H,26,28,29). The number of amides is 1. The zero-order valence-corrected chi connectivity index (χ0v) is 18.3. The molecule has 1 amide bonds. The van der Waals surface area contributed by atoms with E-state index in [1.54, 1.807) is 41.9 Å². The van der Waals surface area contributed by atoms with Crippen LogP contribution in [0.4, 0.5) is 5.82 Å². The molecule has 0 saturated heterocycles. The fraction of sp³-hybridized carbons (Fsp3) is 0.250. The van der Waals surface area contributed by atoms with Crippen molar-refractivity contribution in [2.45, 2.75) is 25.7 Å². The Kier molecular flexibility index (Phi) is 5.68. The van der Waals surface area contributed by atoms with E-state index in [2.05, 4.69) is 15.6 Å². The predicted molar refractivity (Wildman–Crippen MR) is 126 cm³/mol. The van der Waals surface area contributed by atoms with Gasteiger partial charge in [-0.2, -0.15) is 0 Å². The lowest BCUT2D eigenvalue weighted by atomic mass is 10.1. The first-order valence-electron chi connectivity index (χ1n) is 10.7. The average molecular weight is 446 g/mol. The summed E-state index contributed by atoms with van der Waals surface area (Å²) in [5, 5.41) is 17.0. The van der Waals surface area contributed by atoms with Crippen molar-refractivity contribution in [1.82, 2.24) is 20.3 Å². The Balaban J connectivity index is 1.29. The van der Waals surface area contributed by atoms with Gasteiger partial charge in [0.25, 0.3) is 5.91 Å². The SMILES string of the molecule is O=C(NCCCNc1nc(-c2cccnc2)nc2sc3c(c12)CCC3)c1cccc(O)c1. The van der Waals surface area contributed by atoms with Crippen molar-refractivity contribution in [2.24, 2.45) is 0 Å². The molecule has 1 aliphatic rings. The molecule has 0 spiro atoms. The first-order chi connectivity index (χ1) is 15.7. The summed E-state index contributed by atoms with van der Waals surface area (Å²) in [4.78, 5) is 28.5. The first-order valence-corrected chi connectivity index (χ1v) is 11.5. The van der Waals surface area contributed by atoms with Crippen molar-refractivity contribution in [3.05, 3.63) is 64.8 Å². The summed E-state index contributed by atoms with van der Waals surface area (Å²) in [6.07, 6.45) is 7.63. The molecule has 3 aromatic heterocycles. The Bertz CT molecular complexity index is 1270. The number of thiophene rings is 1. The van der Waals surface area contributed by atoms with Crippen LogP contribution < -0.4 is 10.6 Å². The molecule has 0 atom stereocenters. The molecule has 0 bridgehead atoms. The number of nitrogens with zero attached hydrogens (tertiary/aromatic N) is 3. The van der Waals surface area contributed by atoms with Gasteiger partial charge in [0.15, 0.2) is 5.82 Å². The molecule has 0 unspecified atom stereocenters. The molecule has 8 heteroatoms. The Labute approximate surface area is 189 Å². The molecule has 0 saturated carbocycles. The van der Waals surface area contributed by atoms with Crippen LogP contribution in [0, 0.1) is 0 Å². The zero-order chi connectivity index (χ0) is 21.9. The van der Waals surface area contributed by atoms with E-state index in [0.717, 1.165) is 40.9 Å². The summed E-state index contributed by atoms with van der Waals surface area (Å²) >= 11 is 1.77. The Morgan fingerprint density at radius 3 is 2.91 bits per heavy atom. The van der Waals surface area contributed by atoms with E-state index < -0.39 is 0 Å². The molecular formula is C24H23N5O2S. The van der Waals surface area contributed by atoms with Gasteiger partial charge in [0, 0.05) is 41.5 Å². The summed E-state index contributed by atoms with van der Waals surface area (Å²) in [5.74, 6) is 1.41. The number of hydrogen-bond donors (Lipinski definition) is 3. The van der Waals surface area contributed by atoms with Crippen LogP contribution in [-0.2, 0) is 12.8 Å². The maximum atomic E-state index is 12.2. The van der Waals surface area contributed by atoms with E-state index >= 15 is 0 Å². The van der Waals surface area contributed by atoms with Gasteiger partial charge in [0.05, 0.1) is 5.39 Å². The van der Waals surface area contributed by atoms with Crippen molar-refractivity contribution in [3.8, 4) is 17.1 Å². The van der Waals surface area contributed by atoms with Gasteiger partial charge in [-0.15, -0.1) is 11.3 Å². The molecule has 5 rings (SSSR count). The van der Waals surface area contributed by atoms with Gasteiger partial charge >= 0.3 is 0 Å². The molecule has 0 radical (unpaired) electrons. The highest BCUT2D eigenvalue weighted by Crippen LogP contribution is 2.40. The predicted octanol–water partition coefficient (Wildman–Crippen LogP) is 4.18.